The molecule has 4 rings (SSSR count). The molecule has 1 aliphatic rings. The average molecular weight is 444 g/mol. The molecule has 1 aromatic heterocycles. The molecular weight excluding hydrogens is 418 g/mol. The van der Waals surface area contributed by atoms with Crippen LogP contribution in [0.5, 0.6) is 0 Å². The minimum atomic E-state index is -0.0141. The quantitative estimate of drug-likeness (QED) is 0.541. The van der Waals surface area contributed by atoms with Gasteiger partial charge in [0, 0.05) is 36.8 Å². The summed E-state index contributed by atoms with van der Waals surface area (Å²) in [5, 5.41) is 1.42. The Labute approximate surface area is 186 Å². The summed E-state index contributed by atoms with van der Waals surface area (Å²) in [7, 11) is 0. The monoisotopic (exact) mass is 443 g/mol. The summed E-state index contributed by atoms with van der Waals surface area (Å²) in [5.74, 6) is -0.0141. The fourth-order valence-corrected chi connectivity index (χ4v) is 4.82. The molecule has 7 heteroatoms. The molecule has 0 atom stereocenters. The Hall–Kier alpha value is -1.99. The number of aryl methyl sites for hydroxylation is 2. The van der Waals surface area contributed by atoms with Crippen molar-refractivity contribution in [3.8, 4) is 0 Å². The first-order valence-electron chi connectivity index (χ1n) is 10.3. The lowest BCUT2D eigenvalue weighted by molar-refractivity contribution is 0.0376. The van der Waals surface area contributed by atoms with Gasteiger partial charge in [-0.3, -0.25) is 14.6 Å². The Morgan fingerprint density at radius 2 is 1.90 bits per heavy atom. The molecule has 3 aromatic rings. The van der Waals surface area contributed by atoms with Gasteiger partial charge in [0.2, 0.25) is 0 Å². The smallest absolute Gasteiger partial charge is 0.260 e. The van der Waals surface area contributed by atoms with Crippen molar-refractivity contribution in [2.45, 2.75) is 20.3 Å². The van der Waals surface area contributed by atoms with Crippen LogP contribution in [0.15, 0.2) is 36.4 Å². The molecule has 1 fully saturated rings. The molecule has 30 heavy (non-hydrogen) atoms. The van der Waals surface area contributed by atoms with Gasteiger partial charge in [-0.1, -0.05) is 40.6 Å². The molecule has 1 amide bonds. The van der Waals surface area contributed by atoms with Crippen molar-refractivity contribution in [2.24, 2.45) is 0 Å². The van der Waals surface area contributed by atoms with Crippen LogP contribution in [0.1, 0.15) is 27.9 Å². The van der Waals surface area contributed by atoms with Crippen molar-refractivity contribution in [3.05, 3.63) is 58.1 Å². The van der Waals surface area contributed by atoms with Crippen LogP contribution in [0.3, 0.4) is 0 Å². The third-order valence-electron chi connectivity index (χ3n) is 5.47. The zero-order chi connectivity index (χ0) is 21.1. The molecule has 5 nitrogen and oxygen atoms in total. The standard InChI is InChI=1S/C23H26ClN3O2S/c1-16-4-6-18(7-5-16)22(28)27(11-3-10-26-12-14-29-15-13-26)23-25-21-17(2)19(24)8-9-20(21)30-23/h4-9H,3,10-15H2,1-2H3. The molecule has 0 unspecified atom stereocenters. The number of nitrogens with zero attached hydrogens (tertiary/aromatic N) is 3. The first kappa shape index (κ1) is 21.2. The Balaban J connectivity index is 1.59. The Kier molecular flexibility index (Phi) is 6.68. The van der Waals surface area contributed by atoms with E-state index in [0.717, 1.165) is 65.7 Å². The van der Waals surface area contributed by atoms with E-state index in [1.165, 1.54) is 0 Å². The molecule has 1 aliphatic heterocycles. The number of carbonyl (C=O) groups is 1. The van der Waals surface area contributed by atoms with Crippen molar-refractivity contribution in [1.82, 2.24) is 9.88 Å². The number of benzene rings is 2. The first-order valence-corrected chi connectivity index (χ1v) is 11.5. The van der Waals surface area contributed by atoms with Crippen LogP contribution in [0.25, 0.3) is 10.2 Å². The fourth-order valence-electron chi connectivity index (χ4n) is 3.62. The summed E-state index contributed by atoms with van der Waals surface area (Å²) in [6.45, 7) is 9.02. The number of hydrogen-bond acceptors (Lipinski definition) is 5. The Morgan fingerprint density at radius 1 is 1.17 bits per heavy atom. The summed E-state index contributed by atoms with van der Waals surface area (Å²) in [5.41, 5.74) is 3.64. The van der Waals surface area contributed by atoms with Gasteiger partial charge in [0.05, 0.1) is 23.4 Å². The maximum Gasteiger partial charge on any atom is 0.260 e. The predicted octanol–water partition coefficient (Wildman–Crippen LogP) is 4.94. The minimum Gasteiger partial charge on any atom is -0.379 e. The highest BCUT2D eigenvalue weighted by molar-refractivity contribution is 7.22. The van der Waals surface area contributed by atoms with Crippen molar-refractivity contribution >= 4 is 44.2 Å². The van der Waals surface area contributed by atoms with Gasteiger partial charge in [-0.05, 0) is 50.1 Å². The number of aromatic nitrogens is 1. The lowest BCUT2D eigenvalue weighted by atomic mass is 10.1. The van der Waals surface area contributed by atoms with Crippen LogP contribution in [0, 0.1) is 13.8 Å². The number of fused-ring (bicyclic) bond motifs is 1. The molecule has 0 saturated carbocycles. The Bertz CT molecular complexity index is 1030. The summed E-state index contributed by atoms with van der Waals surface area (Å²) in [6.07, 6.45) is 0.882. The molecule has 2 aromatic carbocycles. The van der Waals surface area contributed by atoms with Crippen LogP contribution in [-0.4, -0.2) is 55.2 Å². The second-order valence-corrected chi connectivity index (χ2v) is 9.06. The number of rotatable bonds is 6. The van der Waals surface area contributed by atoms with E-state index in [1.54, 1.807) is 11.3 Å². The van der Waals surface area contributed by atoms with Gasteiger partial charge in [-0.25, -0.2) is 4.98 Å². The van der Waals surface area contributed by atoms with Crippen LogP contribution in [-0.2, 0) is 4.74 Å². The summed E-state index contributed by atoms with van der Waals surface area (Å²) in [4.78, 5) is 22.4. The molecule has 2 heterocycles. The van der Waals surface area contributed by atoms with Crippen molar-refractivity contribution in [3.63, 3.8) is 0 Å². The van der Waals surface area contributed by atoms with Gasteiger partial charge in [0.15, 0.2) is 5.13 Å². The van der Waals surface area contributed by atoms with Crippen LogP contribution in [0.4, 0.5) is 5.13 Å². The third kappa shape index (κ3) is 4.67. The molecule has 0 bridgehead atoms. The summed E-state index contributed by atoms with van der Waals surface area (Å²) in [6, 6.07) is 11.6. The summed E-state index contributed by atoms with van der Waals surface area (Å²) < 4.78 is 6.47. The van der Waals surface area contributed by atoms with Crippen molar-refractivity contribution in [2.75, 3.05) is 44.3 Å². The van der Waals surface area contributed by atoms with Gasteiger partial charge in [0.1, 0.15) is 0 Å². The van der Waals surface area contributed by atoms with E-state index in [4.69, 9.17) is 21.3 Å². The van der Waals surface area contributed by atoms with Crippen LogP contribution >= 0.6 is 22.9 Å². The van der Waals surface area contributed by atoms with Gasteiger partial charge >= 0.3 is 0 Å². The van der Waals surface area contributed by atoms with Crippen molar-refractivity contribution < 1.29 is 9.53 Å². The highest BCUT2D eigenvalue weighted by atomic mass is 35.5. The third-order valence-corrected chi connectivity index (χ3v) is 6.92. The number of thiazole rings is 1. The molecular formula is C23H26ClN3O2S. The highest BCUT2D eigenvalue weighted by Crippen LogP contribution is 2.34. The zero-order valence-electron chi connectivity index (χ0n) is 17.4. The van der Waals surface area contributed by atoms with E-state index in [2.05, 4.69) is 4.90 Å². The highest BCUT2D eigenvalue weighted by Gasteiger charge is 2.22. The number of carbonyl (C=O) groups excluding carboxylic acids is 1. The van der Waals surface area contributed by atoms with Crippen molar-refractivity contribution in [1.29, 1.82) is 0 Å². The number of amides is 1. The molecule has 158 valence electrons. The maximum atomic E-state index is 13.4. The molecule has 0 spiro atoms. The van der Waals surface area contributed by atoms with Crippen LogP contribution < -0.4 is 4.90 Å². The Morgan fingerprint density at radius 3 is 2.63 bits per heavy atom. The van der Waals surface area contributed by atoms with E-state index in [-0.39, 0.29) is 5.91 Å². The average Bonchev–Trinajstić information content (AvgIpc) is 3.19. The zero-order valence-corrected chi connectivity index (χ0v) is 18.9. The molecule has 0 aliphatic carbocycles. The number of ether oxygens (including phenoxy) is 1. The summed E-state index contributed by atoms with van der Waals surface area (Å²) >= 11 is 7.83. The second-order valence-electron chi connectivity index (χ2n) is 7.65. The fraction of sp³-hybridized carbons (Fsp3) is 0.391. The number of halogens is 1. The largest absolute Gasteiger partial charge is 0.379 e. The first-order chi connectivity index (χ1) is 14.5. The predicted molar refractivity (Wildman–Crippen MR) is 124 cm³/mol. The lowest BCUT2D eigenvalue weighted by Crippen LogP contribution is -2.39. The topological polar surface area (TPSA) is 45.7 Å². The van der Waals surface area contributed by atoms with Gasteiger partial charge < -0.3 is 4.74 Å². The van der Waals surface area contributed by atoms with E-state index >= 15 is 0 Å². The SMILES string of the molecule is Cc1ccc(C(=O)N(CCCN2CCOCC2)c2nc3c(C)c(Cl)ccc3s2)cc1. The minimum absolute atomic E-state index is 0.0141. The van der Waals surface area contributed by atoms with Gasteiger partial charge in [0.25, 0.3) is 5.91 Å². The second kappa shape index (κ2) is 9.43. The van der Waals surface area contributed by atoms with Gasteiger partial charge in [-0.15, -0.1) is 0 Å². The maximum absolute atomic E-state index is 13.4. The van der Waals surface area contributed by atoms with Crippen LogP contribution in [0.2, 0.25) is 5.02 Å². The number of morpholine rings is 1. The molecule has 1 saturated heterocycles. The molecule has 0 radical (unpaired) electrons. The van der Waals surface area contributed by atoms with E-state index in [9.17, 15) is 4.79 Å². The van der Waals surface area contributed by atoms with E-state index in [0.29, 0.717) is 17.1 Å². The number of anilines is 1. The lowest BCUT2D eigenvalue weighted by Gasteiger charge is -2.27. The normalized spacial score (nSPS) is 14.9. The molecule has 0 N–H and O–H groups in total. The van der Waals surface area contributed by atoms with E-state index in [1.807, 2.05) is 55.1 Å². The van der Waals surface area contributed by atoms with E-state index < -0.39 is 0 Å². The van der Waals surface area contributed by atoms with Gasteiger partial charge in [-0.2, -0.15) is 0 Å². The number of hydrogen-bond donors (Lipinski definition) is 0.